The van der Waals surface area contributed by atoms with Crippen LogP contribution in [0.1, 0.15) is 37.0 Å². The molecule has 1 rings (SSSR count). The van der Waals surface area contributed by atoms with Crippen LogP contribution in [0.4, 0.5) is 0 Å². The van der Waals surface area contributed by atoms with E-state index in [1.807, 2.05) is 0 Å². The summed E-state index contributed by atoms with van der Waals surface area (Å²) in [5.74, 6) is 0. The molecule has 0 radical (unpaired) electrons. The maximum atomic E-state index is 5.93. The number of hydrogen-bond donors (Lipinski definition) is 2. The minimum Gasteiger partial charge on any atom is -0.326 e. The summed E-state index contributed by atoms with van der Waals surface area (Å²) in [5, 5.41) is 3.45. The van der Waals surface area contributed by atoms with E-state index in [9.17, 15) is 0 Å². The summed E-state index contributed by atoms with van der Waals surface area (Å²) in [4.78, 5) is 0. The van der Waals surface area contributed by atoms with Gasteiger partial charge in [-0.25, -0.2) is 0 Å². The van der Waals surface area contributed by atoms with Crippen molar-refractivity contribution in [3.63, 3.8) is 0 Å². The summed E-state index contributed by atoms with van der Waals surface area (Å²) in [6, 6.07) is 6.58. The molecule has 0 atom stereocenters. The fourth-order valence-corrected chi connectivity index (χ4v) is 1.62. The van der Waals surface area contributed by atoms with E-state index in [1.54, 1.807) is 0 Å². The van der Waals surface area contributed by atoms with E-state index in [1.165, 1.54) is 16.7 Å². The van der Waals surface area contributed by atoms with Gasteiger partial charge in [0.25, 0.3) is 0 Å². The Morgan fingerprint density at radius 3 is 2.56 bits per heavy atom. The van der Waals surface area contributed by atoms with Crippen molar-refractivity contribution in [2.24, 2.45) is 5.73 Å². The Balaban J connectivity index is 2.40. The molecular weight excluding hydrogens is 196 g/mol. The van der Waals surface area contributed by atoms with E-state index in [2.05, 4.69) is 51.2 Å². The third-order valence-corrected chi connectivity index (χ3v) is 2.77. The molecular formula is C14H24N2. The smallest absolute Gasteiger partial charge is 0.0208 e. The standard InChI is InChI=1S/C14H24N2/c1-11-5-6-12(2)13(9-11)10-16-8-7-14(3,4)15/h5-6,9,16H,7-8,10,15H2,1-4H3. The lowest BCUT2D eigenvalue weighted by Crippen LogP contribution is -2.35. The lowest BCUT2D eigenvalue weighted by Gasteiger charge is -2.18. The molecule has 0 amide bonds. The van der Waals surface area contributed by atoms with Crippen LogP contribution in [0.5, 0.6) is 0 Å². The van der Waals surface area contributed by atoms with Crippen molar-refractivity contribution in [2.45, 2.75) is 46.2 Å². The number of nitrogens with one attached hydrogen (secondary N) is 1. The van der Waals surface area contributed by atoms with E-state index in [0.29, 0.717) is 0 Å². The highest BCUT2D eigenvalue weighted by molar-refractivity contribution is 5.30. The van der Waals surface area contributed by atoms with Gasteiger partial charge in [-0.1, -0.05) is 23.8 Å². The van der Waals surface area contributed by atoms with Gasteiger partial charge >= 0.3 is 0 Å². The minimum absolute atomic E-state index is 0.0748. The monoisotopic (exact) mass is 220 g/mol. The Hall–Kier alpha value is -0.860. The minimum atomic E-state index is -0.0748. The van der Waals surface area contributed by atoms with Crippen molar-refractivity contribution in [3.05, 3.63) is 34.9 Å². The van der Waals surface area contributed by atoms with Gasteiger partial charge in [0, 0.05) is 12.1 Å². The van der Waals surface area contributed by atoms with Crippen molar-refractivity contribution in [3.8, 4) is 0 Å². The van der Waals surface area contributed by atoms with Crippen LogP contribution in [-0.2, 0) is 6.54 Å². The van der Waals surface area contributed by atoms with Crippen LogP contribution in [-0.4, -0.2) is 12.1 Å². The number of hydrogen-bond acceptors (Lipinski definition) is 2. The van der Waals surface area contributed by atoms with Crippen molar-refractivity contribution in [1.82, 2.24) is 5.32 Å². The van der Waals surface area contributed by atoms with Gasteiger partial charge in [-0.15, -0.1) is 0 Å². The lowest BCUT2D eigenvalue weighted by atomic mass is 10.0. The molecule has 0 saturated heterocycles. The molecule has 0 unspecified atom stereocenters. The highest BCUT2D eigenvalue weighted by Gasteiger charge is 2.09. The van der Waals surface area contributed by atoms with Gasteiger partial charge < -0.3 is 11.1 Å². The molecule has 3 N–H and O–H groups in total. The second-order valence-corrected chi connectivity index (χ2v) is 5.35. The maximum absolute atomic E-state index is 5.93. The van der Waals surface area contributed by atoms with E-state index < -0.39 is 0 Å². The molecule has 0 aliphatic heterocycles. The van der Waals surface area contributed by atoms with Gasteiger partial charge in [-0.05, 0) is 51.8 Å². The summed E-state index contributed by atoms with van der Waals surface area (Å²) in [6.07, 6.45) is 0.998. The van der Waals surface area contributed by atoms with Crippen LogP contribution in [0.2, 0.25) is 0 Å². The van der Waals surface area contributed by atoms with Crippen LogP contribution in [0.3, 0.4) is 0 Å². The molecule has 0 bridgehead atoms. The van der Waals surface area contributed by atoms with Crippen LogP contribution >= 0.6 is 0 Å². The lowest BCUT2D eigenvalue weighted by molar-refractivity contribution is 0.455. The predicted molar refractivity (Wildman–Crippen MR) is 70.5 cm³/mol. The largest absolute Gasteiger partial charge is 0.326 e. The number of nitrogens with two attached hydrogens (primary N) is 1. The first-order valence-corrected chi connectivity index (χ1v) is 5.94. The third-order valence-electron chi connectivity index (χ3n) is 2.77. The molecule has 16 heavy (non-hydrogen) atoms. The molecule has 0 saturated carbocycles. The molecule has 2 nitrogen and oxygen atoms in total. The molecule has 1 aromatic carbocycles. The Bertz CT molecular complexity index is 337. The first kappa shape index (κ1) is 13.2. The molecule has 90 valence electrons. The summed E-state index contributed by atoms with van der Waals surface area (Å²) < 4.78 is 0. The molecule has 1 aromatic rings. The zero-order valence-corrected chi connectivity index (χ0v) is 10.9. The Kier molecular flexibility index (Phi) is 4.51. The topological polar surface area (TPSA) is 38.0 Å². The van der Waals surface area contributed by atoms with Crippen molar-refractivity contribution < 1.29 is 0 Å². The summed E-state index contributed by atoms with van der Waals surface area (Å²) in [5.41, 5.74) is 9.91. The highest BCUT2D eigenvalue weighted by atomic mass is 14.9. The molecule has 0 heterocycles. The molecule has 2 heteroatoms. The zero-order chi connectivity index (χ0) is 12.2. The van der Waals surface area contributed by atoms with Crippen molar-refractivity contribution in [1.29, 1.82) is 0 Å². The van der Waals surface area contributed by atoms with Gasteiger partial charge in [-0.3, -0.25) is 0 Å². The van der Waals surface area contributed by atoms with E-state index in [4.69, 9.17) is 5.73 Å². The van der Waals surface area contributed by atoms with Gasteiger partial charge in [0.05, 0.1) is 0 Å². The van der Waals surface area contributed by atoms with Gasteiger partial charge in [0.1, 0.15) is 0 Å². The molecule has 0 spiro atoms. The van der Waals surface area contributed by atoms with E-state index >= 15 is 0 Å². The number of benzene rings is 1. The predicted octanol–water partition coefficient (Wildman–Crippen LogP) is 2.52. The van der Waals surface area contributed by atoms with Crippen LogP contribution in [0, 0.1) is 13.8 Å². The van der Waals surface area contributed by atoms with Gasteiger partial charge in [0.15, 0.2) is 0 Å². The zero-order valence-electron chi connectivity index (χ0n) is 10.9. The fraction of sp³-hybridized carbons (Fsp3) is 0.571. The third kappa shape index (κ3) is 4.77. The number of rotatable bonds is 5. The SMILES string of the molecule is Cc1ccc(C)c(CNCCC(C)(C)N)c1. The van der Waals surface area contributed by atoms with E-state index in [-0.39, 0.29) is 5.54 Å². The summed E-state index contributed by atoms with van der Waals surface area (Å²) >= 11 is 0. The van der Waals surface area contributed by atoms with E-state index in [0.717, 1.165) is 19.5 Å². The molecule has 0 fully saturated rings. The van der Waals surface area contributed by atoms with Gasteiger partial charge in [-0.2, -0.15) is 0 Å². The van der Waals surface area contributed by atoms with Gasteiger partial charge in [0.2, 0.25) is 0 Å². The number of aryl methyl sites for hydroxylation is 2. The molecule has 0 aliphatic carbocycles. The Labute approximate surface area is 99.2 Å². The van der Waals surface area contributed by atoms with Crippen molar-refractivity contribution in [2.75, 3.05) is 6.54 Å². The average molecular weight is 220 g/mol. The first-order chi connectivity index (χ1) is 7.38. The highest BCUT2D eigenvalue weighted by Crippen LogP contribution is 2.10. The summed E-state index contributed by atoms with van der Waals surface area (Å²) in [6.45, 7) is 10.3. The van der Waals surface area contributed by atoms with Crippen molar-refractivity contribution >= 4 is 0 Å². The van der Waals surface area contributed by atoms with Crippen LogP contribution < -0.4 is 11.1 Å². The normalized spacial score (nSPS) is 11.8. The fourth-order valence-electron chi connectivity index (χ4n) is 1.62. The Morgan fingerprint density at radius 2 is 1.94 bits per heavy atom. The second kappa shape index (κ2) is 5.46. The Morgan fingerprint density at radius 1 is 1.25 bits per heavy atom. The summed E-state index contributed by atoms with van der Waals surface area (Å²) in [7, 11) is 0. The maximum Gasteiger partial charge on any atom is 0.0208 e. The molecule has 0 aromatic heterocycles. The second-order valence-electron chi connectivity index (χ2n) is 5.35. The van der Waals surface area contributed by atoms with Crippen LogP contribution in [0.25, 0.3) is 0 Å². The molecule has 0 aliphatic rings. The van der Waals surface area contributed by atoms with Crippen LogP contribution in [0.15, 0.2) is 18.2 Å². The average Bonchev–Trinajstić information content (AvgIpc) is 2.16. The quantitative estimate of drug-likeness (QED) is 0.748. The first-order valence-electron chi connectivity index (χ1n) is 5.94.